The molecule has 31 heavy (non-hydrogen) atoms. The second-order valence-corrected chi connectivity index (χ2v) is 10.1. The van der Waals surface area contributed by atoms with Crippen molar-refractivity contribution in [1.29, 1.82) is 0 Å². The molecule has 2 amide bonds. The number of hydrogen-bond donors (Lipinski definition) is 1. The molecule has 170 valence electrons. The van der Waals surface area contributed by atoms with Crippen molar-refractivity contribution in [2.75, 3.05) is 39.3 Å². The van der Waals surface area contributed by atoms with Gasteiger partial charge in [-0.3, -0.25) is 9.69 Å². The predicted octanol–water partition coefficient (Wildman–Crippen LogP) is 3.04. The Balaban J connectivity index is 1.52. The largest absolute Gasteiger partial charge is 0.491 e. The van der Waals surface area contributed by atoms with Crippen LogP contribution in [0.4, 0.5) is 4.79 Å². The number of aromatic nitrogens is 1. The van der Waals surface area contributed by atoms with E-state index in [1.807, 2.05) is 45.9 Å². The fraction of sp³-hybridized carbons (Fsp3) is 0.591. The lowest BCUT2D eigenvalue weighted by Crippen LogP contribution is -2.54. The number of nitrogens with zero attached hydrogens (tertiary/aromatic N) is 3. The van der Waals surface area contributed by atoms with Crippen LogP contribution in [0.1, 0.15) is 32.7 Å². The van der Waals surface area contributed by atoms with Crippen LogP contribution in [0.25, 0.3) is 10.2 Å². The minimum atomic E-state index is -0.498. The van der Waals surface area contributed by atoms with Crippen molar-refractivity contribution < 1.29 is 19.1 Å². The lowest BCUT2D eigenvalue weighted by molar-refractivity contribution is -0.120. The van der Waals surface area contributed by atoms with E-state index in [0.29, 0.717) is 26.2 Å². The Morgan fingerprint density at radius 2 is 1.94 bits per heavy atom. The van der Waals surface area contributed by atoms with Crippen LogP contribution in [-0.2, 0) is 9.53 Å². The molecule has 1 aliphatic heterocycles. The molecule has 1 atom stereocenters. The summed E-state index contributed by atoms with van der Waals surface area (Å²) in [7, 11) is 0. The van der Waals surface area contributed by atoms with Crippen LogP contribution in [-0.4, -0.2) is 77.8 Å². The van der Waals surface area contributed by atoms with E-state index in [0.717, 1.165) is 34.1 Å². The van der Waals surface area contributed by atoms with Gasteiger partial charge >= 0.3 is 6.09 Å². The molecule has 1 aromatic heterocycles. The number of hydrogen-bond acceptors (Lipinski definition) is 7. The van der Waals surface area contributed by atoms with Gasteiger partial charge in [0.15, 0.2) is 0 Å². The highest BCUT2D eigenvalue weighted by Crippen LogP contribution is 2.25. The van der Waals surface area contributed by atoms with Gasteiger partial charge in [0.2, 0.25) is 5.91 Å². The molecule has 3 rings (SSSR count). The molecule has 1 saturated heterocycles. The van der Waals surface area contributed by atoms with Gasteiger partial charge in [0, 0.05) is 45.7 Å². The third-order valence-electron chi connectivity index (χ3n) is 4.83. The van der Waals surface area contributed by atoms with Crippen LogP contribution in [0.3, 0.4) is 0 Å². The summed E-state index contributed by atoms with van der Waals surface area (Å²) in [6.07, 6.45) is -0.276. The summed E-state index contributed by atoms with van der Waals surface area (Å²) in [5.41, 5.74) is 0.428. The number of carbonyl (C=O) groups is 2. The zero-order valence-corrected chi connectivity index (χ0v) is 19.8. The minimum absolute atomic E-state index is 0.0911. The highest BCUT2D eigenvalue weighted by molar-refractivity contribution is 7.18. The van der Waals surface area contributed by atoms with E-state index in [-0.39, 0.29) is 18.0 Å². The first-order chi connectivity index (χ1) is 14.6. The number of rotatable bonds is 6. The maximum atomic E-state index is 12.2. The zero-order chi connectivity index (χ0) is 22.6. The summed E-state index contributed by atoms with van der Waals surface area (Å²) in [6, 6.07) is 5.73. The summed E-state index contributed by atoms with van der Waals surface area (Å²) in [4.78, 5) is 32.4. The Bertz CT molecular complexity index is 916. The Kier molecular flexibility index (Phi) is 7.38. The van der Waals surface area contributed by atoms with E-state index >= 15 is 0 Å². The quantitative estimate of drug-likeness (QED) is 0.731. The van der Waals surface area contributed by atoms with E-state index < -0.39 is 5.60 Å². The third kappa shape index (κ3) is 7.07. The number of fused-ring (bicyclic) bond motifs is 1. The predicted molar refractivity (Wildman–Crippen MR) is 122 cm³/mol. The standard InChI is InChI=1S/C22H32N4O4S/c1-15(27)23-17(14-29-18-6-7-20-19(12-18)24-16(2)31-20)13-25-8-10-26(11-9-25)21(28)30-22(3,4)5/h6-7,12,17H,8-11,13-14H2,1-5H3,(H,23,27). The summed E-state index contributed by atoms with van der Waals surface area (Å²) in [6.45, 7) is 12.8. The van der Waals surface area contributed by atoms with Gasteiger partial charge in [0.1, 0.15) is 18.0 Å². The first-order valence-electron chi connectivity index (χ1n) is 10.6. The Morgan fingerprint density at radius 1 is 1.23 bits per heavy atom. The molecule has 8 nitrogen and oxygen atoms in total. The normalized spacial score (nSPS) is 16.2. The molecule has 0 bridgehead atoms. The van der Waals surface area contributed by atoms with Gasteiger partial charge in [0.25, 0.3) is 0 Å². The molecular formula is C22H32N4O4S. The number of piperazine rings is 1. The molecule has 2 aromatic rings. The second kappa shape index (κ2) is 9.82. The van der Waals surface area contributed by atoms with E-state index in [2.05, 4.69) is 15.2 Å². The van der Waals surface area contributed by atoms with Crippen molar-refractivity contribution in [2.24, 2.45) is 0 Å². The SMILES string of the molecule is CC(=O)NC(COc1ccc2sc(C)nc2c1)CN1CCN(C(=O)OC(C)(C)C)CC1. The van der Waals surface area contributed by atoms with Gasteiger partial charge in [-0.25, -0.2) is 9.78 Å². The van der Waals surface area contributed by atoms with Crippen molar-refractivity contribution in [3.63, 3.8) is 0 Å². The van der Waals surface area contributed by atoms with Gasteiger partial charge in [-0.1, -0.05) is 0 Å². The maximum absolute atomic E-state index is 12.2. The first-order valence-corrected chi connectivity index (χ1v) is 11.4. The zero-order valence-electron chi connectivity index (χ0n) is 18.9. The molecular weight excluding hydrogens is 416 g/mol. The van der Waals surface area contributed by atoms with E-state index in [9.17, 15) is 9.59 Å². The molecule has 1 fully saturated rings. The van der Waals surface area contributed by atoms with Crippen LogP contribution in [0.2, 0.25) is 0 Å². The second-order valence-electron chi connectivity index (χ2n) is 8.84. The van der Waals surface area contributed by atoms with Gasteiger partial charge < -0.3 is 19.7 Å². The van der Waals surface area contributed by atoms with Crippen molar-refractivity contribution in [2.45, 2.75) is 46.3 Å². The first kappa shape index (κ1) is 23.3. The molecule has 0 radical (unpaired) electrons. The summed E-state index contributed by atoms with van der Waals surface area (Å²) in [5.74, 6) is 0.648. The molecule has 2 heterocycles. The molecule has 1 unspecified atom stereocenters. The fourth-order valence-corrected chi connectivity index (χ4v) is 4.30. The number of carbonyl (C=O) groups excluding carboxylic acids is 2. The van der Waals surface area contributed by atoms with E-state index in [1.165, 1.54) is 6.92 Å². The molecule has 1 N–H and O–H groups in total. The molecule has 0 saturated carbocycles. The number of ether oxygens (including phenoxy) is 2. The van der Waals surface area contributed by atoms with Crippen molar-refractivity contribution >= 4 is 33.6 Å². The minimum Gasteiger partial charge on any atom is -0.491 e. The number of amides is 2. The average Bonchev–Trinajstić information content (AvgIpc) is 3.04. The Hall–Kier alpha value is -2.39. The average molecular weight is 449 g/mol. The van der Waals surface area contributed by atoms with Crippen molar-refractivity contribution in [3.8, 4) is 5.75 Å². The van der Waals surface area contributed by atoms with Crippen LogP contribution in [0.5, 0.6) is 5.75 Å². The molecule has 1 aliphatic rings. The smallest absolute Gasteiger partial charge is 0.410 e. The Labute approximate surface area is 187 Å². The van der Waals surface area contributed by atoms with E-state index in [1.54, 1.807) is 16.2 Å². The maximum Gasteiger partial charge on any atom is 0.410 e. The van der Waals surface area contributed by atoms with Crippen LogP contribution < -0.4 is 10.1 Å². The lowest BCUT2D eigenvalue weighted by Gasteiger charge is -2.37. The van der Waals surface area contributed by atoms with E-state index in [4.69, 9.17) is 9.47 Å². The lowest BCUT2D eigenvalue weighted by atomic mass is 10.2. The number of thiazole rings is 1. The third-order valence-corrected chi connectivity index (χ3v) is 5.78. The number of aryl methyl sites for hydroxylation is 1. The highest BCUT2D eigenvalue weighted by Gasteiger charge is 2.27. The molecule has 0 aliphatic carbocycles. The summed E-state index contributed by atoms with van der Waals surface area (Å²) >= 11 is 1.65. The summed E-state index contributed by atoms with van der Waals surface area (Å²) < 4.78 is 12.6. The molecule has 0 spiro atoms. The van der Waals surface area contributed by atoms with Gasteiger partial charge in [0.05, 0.1) is 21.3 Å². The van der Waals surface area contributed by atoms with Crippen LogP contribution in [0.15, 0.2) is 18.2 Å². The molecule has 1 aromatic carbocycles. The molecule has 9 heteroatoms. The van der Waals surface area contributed by atoms with Crippen LogP contribution >= 0.6 is 11.3 Å². The topological polar surface area (TPSA) is 84.0 Å². The number of nitrogens with one attached hydrogen (secondary N) is 1. The Morgan fingerprint density at radius 3 is 2.58 bits per heavy atom. The van der Waals surface area contributed by atoms with Crippen molar-refractivity contribution in [3.05, 3.63) is 23.2 Å². The van der Waals surface area contributed by atoms with Crippen LogP contribution in [0, 0.1) is 6.92 Å². The van der Waals surface area contributed by atoms with Crippen molar-refractivity contribution in [1.82, 2.24) is 20.1 Å². The van der Waals surface area contributed by atoms with Gasteiger partial charge in [-0.15, -0.1) is 11.3 Å². The monoisotopic (exact) mass is 448 g/mol. The highest BCUT2D eigenvalue weighted by atomic mass is 32.1. The van der Waals surface area contributed by atoms with Gasteiger partial charge in [-0.2, -0.15) is 0 Å². The number of benzene rings is 1. The van der Waals surface area contributed by atoms with Gasteiger partial charge in [-0.05, 0) is 39.8 Å². The fourth-order valence-electron chi connectivity index (χ4n) is 3.49. The summed E-state index contributed by atoms with van der Waals surface area (Å²) in [5, 5.41) is 4.00.